The van der Waals surface area contributed by atoms with Gasteiger partial charge in [0.15, 0.2) is 0 Å². The molecule has 9 heteroatoms. The summed E-state index contributed by atoms with van der Waals surface area (Å²) in [5, 5.41) is 2.57. The topological polar surface area (TPSA) is 18.5 Å². The summed E-state index contributed by atoms with van der Waals surface area (Å²) in [4.78, 5) is 0. The van der Waals surface area contributed by atoms with Crippen molar-refractivity contribution in [3.63, 3.8) is 0 Å². The Kier molecular flexibility index (Phi) is 7.02. The third-order valence-corrected chi connectivity index (χ3v) is 13.5. The van der Waals surface area contributed by atoms with Crippen molar-refractivity contribution < 1.29 is 46.6 Å². The van der Waals surface area contributed by atoms with Gasteiger partial charge in [0.25, 0.3) is 0 Å². The summed E-state index contributed by atoms with van der Waals surface area (Å²) < 4.78 is 80.5. The van der Waals surface area contributed by atoms with Gasteiger partial charge in [-0.15, -0.1) is 0 Å². The van der Waals surface area contributed by atoms with Gasteiger partial charge in [-0.05, 0) is 0 Å². The second kappa shape index (κ2) is 9.95. The van der Waals surface area contributed by atoms with Crippen molar-refractivity contribution in [2.24, 2.45) is 0 Å². The maximum absolute atomic E-state index is 14.1. The zero-order valence-electron chi connectivity index (χ0n) is 17.1. The van der Waals surface area contributed by atoms with Crippen molar-refractivity contribution >= 4 is 23.9 Å². The Morgan fingerprint density at radius 3 is 1.18 bits per heavy atom. The van der Waals surface area contributed by atoms with E-state index < -0.39 is 61.0 Å². The molecule has 0 N–H and O–H groups in total. The summed E-state index contributed by atoms with van der Waals surface area (Å²) in [5.74, 6) is -11.7. The van der Waals surface area contributed by atoms with Gasteiger partial charge in [-0.2, -0.15) is 0 Å². The summed E-state index contributed by atoms with van der Waals surface area (Å²) in [6.45, 7) is 0. The van der Waals surface area contributed by atoms with E-state index in [9.17, 15) is 22.0 Å². The quantitative estimate of drug-likeness (QED) is 0.118. The maximum atomic E-state index is 14.1. The molecule has 0 saturated heterocycles. The van der Waals surface area contributed by atoms with E-state index in [2.05, 4.69) is 0 Å². The molecule has 0 bridgehead atoms. The van der Waals surface area contributed by atoms with E-state index in [4.69, 9.17) is 6.82 Å². The standard InChI is InChI=1S/C18H15OSi.C6HF5O.Zn/c19-20(16-10-4-1-5-11-16,17-12-6-2-7-13-17)18-14-8-3-9-15-18;7-1-2(8)4(10)6(12)5(11)3(1)9;/h1-15H;12H;/q-1;;+2/p-1. The molecule has 0 aliphatic rings. The van der Waals surface area contributed by atoms with Crippen molar-refractivity contribution in [3.05, 3.63) is 120 Å². The first-order valence-electron chi connectivity index (χ1n) is 9.91. The van der Waals surface area contributed by atoms with Crippen LogP contribution in [-0.4, -0.2) is 8.32 Å². The normalized spacial score (nSPS) is 11.2. The summed E-state index contributed by atoms with van der Waals surface area (Å²) in [5.41, 5.74) is 0. The molecular weight excluding hydrogens is 509 g/mol. The fraction of sp³-hybridized carbons (Fsp3) is 0. The van der Waals surface area contributed by atoms with E-state index in [1.165, 1.54) is 0 Å². The molecule has 0 spiro atoms. The minimum atomic E-state index is -3.20. The van der Waals surface area contributed by atoms with Gasteiger partial charge in [0.2, 0.25) is 0 Å². The molecule has 164 valence electrons. The van der Waals surface area contributed by atoms with Gasteiger partial charge in [-0.1, -0.05) is 0 Å². The third kappa shape index (κ3) is 4.36. The number of halogens is 5. The summed E-state index contributed by atoms with van der Waals surface area (Å²) >= 11 is -2.82. The molecule has 0 fully saturated rings. The average molecular weight is 524 g/mol. The molecule has 0 aliphatic carbocycles. The number of hydrogen-bond donors (Lipinski definition) is 0. The van der Waals surface area contributed by atoms with Gasteiger partial charge in [-0.3, -0.25) is 0 Å². The number of benzene rings is 4. The van der Waals surface area contributed by atoms with E-state index in [1.54, 1.807) is 0 Å². The molecule has 4 rings (SSSR count). The molecule has 0 unspecified atom stereocenters. The molecule has 0 amide bonds. The Hall–Kier alpha value is -2.87. The molecule has 0 aromatic heterocycles. The van der Waals surface area contributed by atoms with Gasteiger partial charge < -0.3 is 0 Å². The molecule has 33 heavy (non-hydrogen) atoms. The van der Waals surface area contributed by atoms with Gasteiger partial charge in [0.1, 0.15) is 0 Å². The molecule has 0 heterocycles. The Morgan fingerprint density at radius 2 is 0.818 bits per heavy atom. The predicted octanol–water partition coefficient (Wildman–Crippen LogP) is 4.36. The van der Waals surface area contributed by atoms with E-state index in [1.807, 2.05) is 91.0 Å². The van der Waals surface area contributed by atoms with Crippen molar-refractivity contribution in [1.82, 2.24) is 0 Å². The van der Waals surface area contributed by atoms with Crippen LogP contribution in [0.15, 0.2) is 91.0 Å². The summed E-state index contributed by atoms with van der Waals surface area (Å²) in [7, 11) is -3.20. The second-order valence-corrected chi connectivity index (χ2v) is 13.4. The van der Waals surface area contributed by atoms with Crippen LogP contribution in [0.3, 0.4) is 0 Å². The van der Waals surface area contributed by atoms with Crippen LogP contribution in [0.4, 0.5) is 22.0 Å². The monoisotopic (exact) mass is 522 g/mol. The first-order chi connectivity index (χ1) is 16.0. The molecule has 4 aromatic carbocycles. The third-order valence-electron chi connectivity index (χ3n) is 5.19. The number of hydrogen-bond acceptors (Lipinski definition) is 2. The van der Waals surface area contributed by atoms with Gasteiger partial charge in [0, 0.05) is 0 Å². The Morgan fingerprint density at radius 1 is 0.485 bits per heavy atom. The second-order valence-electron chi connectivity index (χ2n) is 7.08. The predicted molar refractivity (Wildman–Crippen MR) is 112 cm³/mol. The van der Waals surface area contributed by atoms with Crippen LogP contribution >= 0.6 is 0 Å². The van der Waals surface area contributed by atoms with Crippen LogP contribution in [0, 0.1) is 29.1 Å². The first kappa shape index (κ1) is 23.3. The van der Waals surface area contributed by atoms with E-state index in [0.29, 0.717) is 0 Å². The van der Waals surface area contributed by atoms with Gasteiger partial charge in [0.05, 0.1) is 0 Å². The SMILES string of the molecule is Fc1c(F)c(F)c([O][Zn][O][Si](c2ccccc2)(c2ccccc2)c2ccccc2)c(F)c1F. The fourth-order valence-electron chi connectivity index (χ4n) is 3.66. The average Bonchev–Trinajstić information content (AvgIpc) is 2.88. The summed E-state index contributed by atoms with van der Waals surface area (Å²) in [6, 6.07) is 28.0. The zero-order valence-corrected chi connectivity index (χ0v) is 21.0. The van der Waals surface area contributed by atoms with Gasteiger partial charge >= 0.3 is 196 Å². The number of rotatable bonds is 7. The van der Waals surface area contributed by atoms with Crippen LogP contribution in [0.1, 0.15) is 0 Å². The molecule has 0 saturated carbocycles. The van der Waals surface area contributed by atoms with Crippen LogP contribution in [0.5, 0.6) is 5.75 Å². The molecule has 0 radical (unpaired) electrons. The van der Waals surface area contributed by atoms with Crippen molar-refractivity contribution in [1.29, 1.82) is 0 Å². The Bertz CT molecular complexity index is 1120. The molecule has 0 aliphatic heterocycles. The Balaban J connectivity index is 1.79. The van der Waals surface area contributed by atoms with Crippen LogP contribution in [0.25, 0.3) is 0 Å². The zero-order chi connectivity index (χ0) is 23.4. The van der Waals surface area contributed by atoms with Crippen LogP contribution in [0.2, 0.25) is 0 Å². The van der Waals surface area contributed by atoms with Gasteiger partial charge in [-0.25, -0.2) is 0 Å². The molecule has 4 aromatic rings. The minimum absolute atomic E-state index is 0.856. The molecular formula is C24H15F5O2SiZn. The van der Waals surface area contributed by atoms with Crippen molar-refractivity contribution in [2.45, 2.75) is 0 Å². The van der Waals surface area contributed by atoms with E-state index in [-0.39, 0.29) is 0 Å². The molecule has 0 atom stereocenters. The first-order valence-corrected chi connectivity index (χ1v) is 14.2. The molecule has 2 nitrogen and oxygen atoms in total. The van der Waals surface area contributed by atoms with E-state index >= 15 is 0 Å². The Labute approximate surface area is 196 Å². The van der Waals surface area contributed by atoms with Crippen molar-refractivity contribution in [3.8, 4) is 5.75 Å². The van der Waals surface area contributed by atoms with Crippen LogP contribution < -0.4 is 19.1 Å². The fourth-order valence-corrected chi connectivity index (χ4v) is 12.8. The van der Waals surface area contributed by atoms with Crippen LogP contribution in [-0.2, 0) is 21.1 Å². The van der Waals surface area contributed by atoms with E-state index in [0.717, 1.165) is 15.6 Å². The summed E-state index contributed by atoms with van der Waals surface area (Å²) in [6.07, 6.45) is 0. The van der Waals surface area contributed by atoms with Crippen molar-refractivity contribution in [2.75, 3.05) is 0 Å².